The van der Waals surface area contributed by atoms with Gasteiger partial charge in [0.15, 0.2) is 0 Å². The summed E-state index contributed by atoms with van der Waals surface area (Å²) in [5.74, 6) is 0. The van der Waals surface area contributed by atoms with E-state index in [1.165, 1.54) is 34.2 Å². The summed E-state index contributed by atoms with van der Waals surface area (Å²) in [6.45, 7) is 9.81. The smallest absolute Gasteiger partial charge is 0.0291 e. The molecule has 2 rings (SSSR count). The number of hydrogen-bond acceptors (Lipinski definition) is 1. The lowest BCUT2D eigenvalue weighted by Gasteiger charge is -2.14. The molecule has 1 N–H and O–H groups in total. The highest BCUT2D eigenvalue weighted by Crippen LogP contribution is 2.26. The van der Waals surface area contributed by atoms with Crippen LogP contribution in [0.25, 0.3) is 11.1 Å². The molecule has 0 aliphatic rings. The van der Waals surface area contributed by atoms with Crippen LogP contribution in [0, 0.1) is 13.8 Å². The summed E-state index contributed by atoms with van der Waals surface area (Å²) in [4.78, 5) is 0. The predicted molar refractivity (Wildman–Crippen MR) is 88.1 cm³/mol. The summed E-state index contributed by atoms with van der Waals surface area (Å²) in [6.07, 6.45) is 1.17. The van der Waals surface area contributed by atoms with Crippen molar-refractivity contribution in [2.75, 3.05) is 6.54 Å². The zero-order valence-corrected chi connectivity index (χ0v) is 13.0. The summed E-state index contributed by atoms with van der Waals surface area (Å²) in [5, 5.41) is 3.53. The first-order valence-corrected chi connectivity index (χ1v) is 7.52. The van der Waals surface area contributed by atoms with Gasteiger partial charge in [0.1, 0.15) is 0 Å². The third-order valence-corrected chi connectivity index (χ3v) is 3.82. The van der Waals surface area contributed by atoms with Crippen molar-refractivity contribution in [3.8, 4) is 11.1 Å². The quantitative estimate of drug-likeness (QED) is 0.801. The fourth-order valence-corrected chi connectivity index (χ4v) is 2.48. The minimum Gasteiger partial charge on any atom is -0.310 e. The maximum atomic E-state index is 3.53. The Kier molecular flexibility index (Phi) is 4.97. The lowest BCUT2D eigenvalue weighted by molar-refractivity contribution is 0.571. The largest absolute Gasteiger partial charge is 0.310 e. The first kappa shape index (κ1) is 14.8. The van der Waals surface area contributed by atoms with Crippen LogP contribution in [-0.2, 0) is 0 Å². The van der Waals surface area contributed by atoms with E-state index in [2.05, 4.69) is 75.5 Å². The second-order valence-electron chi connectivity index (χ2n) is 5.62. The van der Waals surface area contributed by atoms with Gasteiger partial charge in [-0.05, 0) is 56.0 Å². The molecule has 0 bridgehead atoms. The molecule has 2 aromatic carbocycles. The van der Waals surface area contributed by atoms with Gasteiger partial charge >= 0.3 is 0 Å². The van der Waals surface area contributed by atoms with Crippen molar-refractivity contribution in [2.45, 2.75) is 40.2 Å². The zero-order chi connectivity index (χ0) is 14.5. The van der Waals surface area contributed by atoms with Gasteiger partial charge in [-0.15, -0.1) is 0 Å². The third kappa shape index (κ3) is 3.49. The van der Waals surface area contributed by atoms with Crippen molar-refractivity contribution in [3.05, 3.63) is 59.2 Å². The Morgan fingerprint density at radius 2 is 1.70 bits per heavy atom. The van der Waals surface area contributed by atoms with Crippen LogP contribution in [0.1, 0.15) is 43.0 Å². The lowest BCUT2D eigenvalue weighted by atomic mass is 9.96. The zero-order valence-electron chi connectivity index (χ0n) is 13.0. The normalized spacial score (nSPS) is 12.4. The topological polar surface area (TPSA) is 12.0 Å². The van der Waals surface area contributed by atoms with Crippen LogP contribution in [0.2, 0.25) is 0 Å². The lowest BCUT2D eigenvalue weighted by Crippen LogP contribution is -2.19. The number of rotatable bonds is 5. The molecule has 2 aromatic rings. The molecule has 106 valence electrons. The molecule has 0 fully saturated rings. The summed E-state index contributed by atoms with van der Waals surface area (Å²) in [5.41, 5.74) is 6.64. The van der Waals surface area contributed by atoms with Gasteiger partial charge in [-0.2, -0.15) is 0 Å². The van der Waals surface area contributed by atoms with Crippen LogP contribution in [0.5, 0.6) is 0 Å². The summed E-state index contributed by atoms with van der Waals surface area (Å²) in [6, 6.07) is 16.0. The SMILES string of the molecule is CCCNC(C)c1ccc(-c2cc(C)ccc2C)cc1. The second-order valence-corrected chi connectivity index (χ2v) is 5.62. The van der Waals surface area contributed by atoms with Gasteiger partial charge in [0.05, 0.1) is 0 Å². The predicted octanol–water partition coefficient (Wildman–Crippen LogP) is 5.03. The fraction of sp³-hybridized carbons (Fsp3) is 0.368. The van der Waals surface area contributed by atoms with E-state index in [9.17, 15) is 0 Å². The average molecular weight is 267 g/mol. The molecule has 0 radical (unpaired) electrons. The van der Waals surface area contributed by atoms with Gasteiger partial charge in [-0.25, -0.2) is 0 Å². The van der Waals surface area contributed by atoms with Crippen molar-refractivity contribution in [1.29, 1.82) is 0 Å². The van der Waals surface area contributed by atoms with E-state index >= 15 is 0 Å². The number of benzene rings is 2. The highest BCUT2D eigenvalue weighted by molar-refractivity contribution is 5.68. The van der Waals surface area contributed by atoms with E-state index in [0.29, 0.717) is 6.04 Å². The van der Waals surface area contributed by atoms with Crippen molar-refractivity contribution < 1.29 is 0 Å². The van der Waals surface area contributed by atoms with Crippen LogP contribution in [0.3, 0.4) is 0 Å². The van der Waals surface area contributed by atoms with Crippen molar-refractivity contribution >= 4 is 0 Å². The molecule has 1 nitrogen and oxygen atoms in total. The van der Waals surface area contributed by atoms with Crippen molar-refractivity contribution in [1.82, 2.24) is 5.32 Å². The monoisotopic (exact) mass is 267 g/mol. The van der Waals surface area contributed by atoms with E-state index in [4.69, 9.17) is 0 Å². The molecule has 0 saturated heterocycles. The molecule has 0 aliphatic heterocycles. The molecule has 0 spiro atoms. The van der Waals surface area contributed by atoms with Crippen LogP contribution in [0.15, 0.2) is 42.5 Å². The van der Waals surface area contributed by atoms with Gasteiger partial charge in [0, 0.05) is 6.04 Å². The van der Waals surface area contributed by atoms with E-state index in [1.54, 1.807) is 0 Å². The summed E-state index contributed by atoms with van der Waals surface area (Å²) >= 11 is 0. The Morgan fingerprint density at radius 1 is 1.00 bits per heavy atom. The first-order chi connectivity index (χ1) is 9.61. The molecule has 1 atom stereocenters. The Balaban J connectivity index is 2.21. The van der Waals surface area contributed by atoms with E-state index in [-0.39, 0.29) is 0 Å². The molecule has 1 heteroatoms. The van der Waals surface area contributed by atoms with Gasteiger partial charge in [0.2, 0.25) is 0 Å². The minimum absolute atomic E-state index is 0.419. The minimum atomic E-state index is 0.419. The fourth-order valence-electron chi connectivity index (χ4n) is 2.48. The van der Waals surface area contributed by atoms with Crippen molar-refractivity contribution in [2.24, 2.45) is 0 Å². The Morgan fingerprint density at radius 3 is 2.35 bits per heavy atom. The van der Waals surface area contributed by atoms with Gasteiger partial charge < -0.3 is 5.32 Å². The average Bonchev–Trinajstić information content (AvgIpc) is 2.47. The highest BCUT2D eigenvalue weighted by atomic mass is 14.9. The van der Waals surface area contributed by atoms with Gasteiger partial charge in [0.25, 0.3) is 0 Å². The molecule has 0 amide bonds. The standard InChI is InChI=1S/C19H25N/c1-5-12-20-16(4)17-8-10-18(11-9-17)19-13-14(2)6-7-15(19)3/h6-11,13,16,20H,5,12H2,1-4H3. The molecular weight excluding hydrogens is 242 g/mol. The van der Waals surface area contributed by atoms with E-state index in [0.717, 1.165) is 6.54 Å². The van der Waals surface area contributed by atoms with E-state index < -0.39 is 0 Å². The highest BCUT2D eigenvalue weighted by Gasteiger charge is 2.06. The molecule has 0 aliphatic carbocycles. The number of hydrogen-bond donors (Lipinski definition) is 1. The van der Waals surface area contributed by atoms with E-state index in [1.807, 2.05) is 0 Å². The maximum Gasteiger partial charge on any atom is 0.0291 e. The molecule has 0 aromatic heterocycles. The van der Waals surface area contributed by atoms with Crippen molar-refractivity contribution in [3.63, 3.8) is 0 Å². The summed E-state index contributed by atoms with van der Waals surface area (Å²) < 4.78 is 0. The summed E-state index contributed by atoms with van der Waals surface area (Å²) in [7, 11) is 0. The van der Waals surface area contributed by atoms with Gasteiger partial charge in [-0.1, -0.05) is 55.0 Å². The Labute approximate surface area is 123 Å². The molecular formula is C19H25N. The Hall–Kier alpha value is -1.60. The first-order valence-electron chi connectivity index (χ1n) is 7.52. The second kappa shape index (κ2) is 6.71. The van der Waals surface area contributed by atoms with Crippen LogP contribution < -0.4 is 5.32 Å². The maximum absolute atomic E-state index is 3.53. The third-order valence-electron chi connectivity index (χ3n) is 3.82. The molecule has 0 saturated carbocycles. The van der Waals surface area contributed by atoms with Crippen LogP contribution in [-0.4, -0.2) is 6.54 Å². The van der Waals surface area contributed by atoms with Gasteiger partial charge in [-0.3, -0.25) is 0 Å². The number of nitrogens with one attached hydrogen (secondary N) is 1. The molecule has 0 heterocycles. The Bertz CT molecular complexity index is 554. The molecule has 1 unspecified atom stereocenters. The number of aryl methyl sites for hydroxylation is 2. The van der Waals surface area contributed by atoms with Crippen LogP contribution >= 0.6 is 0 Å². The molecule has 20 heavy (non-hydrogen) atoms. The van der Waals surface area contributed by atoms with Crippen LogP contribution in [0.4, 0.5) is 0 Å².